The van der Waals surface area contributed by atoms with E-state index in [9.17, 15) is 4.79 Å². The van der Waals surface area contributed by atoms with E-state index < -0.39 is 6.03 Å². The van der Waals surface area contributed by atoms with Crippen LogP contribution >= 0.6 is 11.6 Å². The summed E-state index contributed by atoms with van der Waals surface area (Å²) < 4.78 is 8.79. The molecule has 168 valence electrons. The van der Waals surface area contributed by atoms with Crippen LogP contribution in [0.15, 0.2) is 53.3 Å². The Hall–Kier alpha value is -3.92. The summed E-state index contributed by atoms with van der Waals surface area (Å²) in [6.07, 6.45) is 3.45. The summed E-state index contributed by atoms with van der Waals surface area (Å²) in [7, 11) is 0. The molecule has 4 aromatic heterocycles. The van der Waals surface area contributed by atoms with E-state index in [1.165, 1.54) is 4.52 Å². The molecule has 2 amide bonds. The van der Waals surface area contributed by atoms with Crippen molar-refractivity contribution >= 4 is 45.9 Å². The Morgan fingerprint density at radius 1 is 1.09 bits per heavy atom. The number of aromatic nitrogens is 6. The number of benzene rings is 1. The molecule has 10 nitrogen and oxygen atoms in total. The Bertz CT molecular complexity index is 1450. The number of amides is 2. The van der Waals surface area contributed by atoms with Gasteiger partial charge in [-0.25, -0.2) is 9.78 Å². The molecular formula is C22H21ClN8O2. The highest BCUT2D eigenvalue weighted by atomic mass is 35.5. The molecule has 5 aromatic rings. The number of nitrogens with zero attached hydrogens (tertiary/aromatic N) is 6. The maximum atomic E-state index is 12.7. The number of carbonyl (C=O) groups excluding carboxylic acids is 1. The van der Waals surface area contributed by atoms with E-state index in [1.54, 1.807) is 42.7 Å². The molecule has 0 saturated carbocycles. The third-order valence-corrected chi connectivity index (χ3v) is 5.64. The van der Waals surface area contributed by atoms with Gasteiger partial charge in [-0.15, -0.1) is 5.10 Å². The van der Waals surface area contributed by atoms with Crippen LogP contribution < -0.4 is 10.6 Å². The van der Waals surface area contributed by atoms with Gasteiger partial charge in [0.2, 0.25) is 11.8 Å². The lowest BCUT2D eigenvalue weighted by molar-refractivity contribution is 0.262. The van der Waals surface area contributed by atoms with Gasteiger partial charge in [0.1, 0.15) is 0 Å². The topological polar surface area (TPSA) is 115 Å². The number of fused-ring (bicyclic) bond motifs is 3. The number of urea groups is 1. The summed E-state index contributed by atoms with van der Waals surface area (Å²) in [5.41, 5.74) is 1.50. The lowest BCUT2D eigenvalue weighted by Gasteiger charge is -2.15. The zero-order chi connectivity index (χ0) is 23.1. The minimum atomic E-state index is -0.504. The van der Waals surface area contributed by atoms with Crippen molar-refractivity contribution in [3.05, 3.63) is 53.9 Å². The Labute approximate surface area is 193 Å². The average Bonchev–Trinajstić information content (AvgIpc) is 3.51. The molecule has 1 atom stereocenters. The maximum Gasteiger partial charge on any atom is 0.326 e. The molecule has 0 spiro atoms. The van der Waals surface area contributed by atoms with Crippen LogP contribution in [0.3, 0.4) is 0 Å². The van der Waals surface area contributed by atoms with Gasteiger partial charge in [0, 0.05) is 16.9 Å². The van der Waals surface area contributed by atoms with Gasteiger partial charge < -0.3 is 9.73 Å². The molecule has 11 heteroatoms. The summed E-state index contributed by atoms with van der Waals surface area (Å²) >= 11 is 6.01. The zero-order valence-electron chi connectivity index (χ0n) is 18.2. The van der Waals surface area contributed by atoms with Crippen LogP contribution in [0, 0.1) is 5.92 Å². The number of carbonyl (C=O) groups is 1. The second-order valence-corrected chi connectivity index (χ2v) is 8.44. The number of furan rings is 1. The Morgan fingerprint density at radius 2 is 1.94 bits per heavy atom. The van der Waals surface area contributed by atoms with Gasteiger partial charge in [0.05, 0.1) is 17.7 Å². The molecule has 5 rings (SSSR count). The molecule has 33 heavy (non-hydrogen) atoms. The summed E-state index contributed by atoms with van der Waals surface area (Å²) in [6, 6.07) is 10.0. The summed E-state index contributed by atoms with van der Waals surface area (Å²) in [5, 5.41) is 15.9. The van der Waals surface area contributed by atoms with Gasteiger partial charge >= 0.3 is 6.03 Å². The SMILES string of the molecule is CC(C)C(C)n1cc2c(nc(NC(=O)Nc3cccc(Cl)c3)n3nc(-c4ccco4)nc23)n1. The normalized spacial score (nSPS) is 12.5. The number of halogens is 1. The Balaban J connectivity index is 1.59. The number of anilines is 2. The van der Waals surface area contributed by atoms with Gasteiger partial charge in [-0.05, 0) is 43.2 Å². The van der Waals surface area contributed by atoms with Crippen LogP contribution in [0.1, 0.15) is 26.8 Å². The smallest absolute Gasteiger partial charge is 0.326 e. The molecule has 0 saturated heterocycles. The highest BCUT2D eigenvalue weighted by Gasteiger charge is 2.21. The van der Waals surface area contributed by atoms with Crippen molar-refractivity contribution < 1.29 is 9.21 Å². The maximum absolute atomic E-state index is 12.7. The monoisotopic (exact) mass is 464 g/mol. The molecule has 1 aromatic carbocycles. The second kappa shape index (κ2) is 8.21. The van der Waals surface area contributed by atoms with Crippen LogP contribution in [0.25, 0.3) is 28.3 Å². The number of hydrogen-bond acceptors (Lipinski definition) is 6. The van der Waals surface area contributed by atoms with E-state index in [-0.39, 0.29) is 12.0 Å². The van der Waals surface area contributed by atoms with Gasteiger partial charge in [0.25, 0.3) is 0 Å². The third kappa shape index (κ3) is 4.00. The predicted molar refractivity (Wildman–Crippen MR) is 125 cm³/mol. The van der Waals surface area contributed by atoms with Crippen molar-refractivity contribution in [2.45, 2.75) is 26.8 Å². The quantitative estimate of drug-likeness (QED) is 0.367. The summed E-state index contributed by atoms with van der Waals surface area (Å²) in [5.74, 6) is 1.42. The van der Waals surface area contributed by atoms with E-state index >= 15 is 0 Å². The number of nitrogens with one attached hydrogen (secondary N) is 2. The lowest BCUT2D eigenvalue weighted by atomic mass is 10.1. The highest BCUT2D eigenvalue weighted by Crippen LogP contribution is 2.26. The van der Waals surface area contributed by atoms with E-state index in [1.807, 2.05) is 10.9 Å². The molecule has 0 aliphatic carbocycles. The highest BCUT2D eigenvalue weighted by molar-refractivity contribution is 6.30. The number of hydrogen-bond donors (Lipinski definition) is 2. The second-order valence-electron chi connectivity index (χ2n) is 8.00. The van der Waals surface area contributed by atoms with E-state index in [2.05, 4.69) is 51.6 Å². The van der Waals surface area contributed by atoms with Crippen LogP contribution in [0.5, 0.6) is 0 Å². The standard InChI is InChI=1S/C22H21ClN8O2/c1-12(2)13(3)30-11-16-18(28-30)26-21(27-22(32)24-15-7-4-6-14(23)10-15)31-20(16)25-19(29-31)17-8-5-9-33-17/h4-13H,1-3H3,(H2,24,26,27,28,32). The van der Waals surface area contributed by atoms with Crippen molar-refractivity contribution in [3.63, 3.8) is 0 Å². The van der Waals surface area contributed by atoms with Crippen molar-refractivity contribution in [1.82, 2.24) is 29.4 Å². The Morgan fingerprint density at radius 3 is 2.67 bits per heavy atom. The van der Waals surface area contributed by atoms with E-state index in [0.29, 0.717) is 44.9 Å². The van der Waals surface area contributed by atoms with Crippen LogP contribution in [-0.2, 0) is 0 Å². The zero-order valence-corrected chi connectivity index (χ0v) is 18.9. The molecule has 0 fully saturated rings. The fourth-order valence-electron chi connectivity index (χ4n) is 3.34. The van der Waals surface area contributed by atoms with Crippen LogP contribution in [-0.4, -0.2) is 35.4 Å². The largest absolute Gasteiger partial charge is 0.461 e. The fourth-order valence-corrected chi connectivity index (χ4v) is 3.53. The predicted octanol–water partition coefficient (Wildman–Crippen LogP) is 5.25. The average molecular weight is 465 g/mol. The van der Waals surface area contributed by atoms with Crippen molar-refractivity contribution in [2.24, 2.45) is 5.92 Å². The van der Waals surface area contributed by atoms with E-state index in [0.717, 1.165) is 0 Å². The molecule has 0 radical (unpaired) electrons. The van der Waals surface area contributed by atoms with Gasteiger partial charge in [-0.2, -0.15) is 14.6 Å². The molecule has 1 unspecified atom stereocenters. The molecule has 0 aliphatic rings. The molecule has 4 heterocycles. The van der Waals surface area contributed by atoms with Crippen LogP contribution in [0.4, 0.5) is 16.4 Å². The third-order valence-electron chi connectivity index (χ3n) is 5.40. The minimum absolute atomic E-state index is 0.147. The summed E-state index contributed by atoms with van der Waals surface area (Å²) in [4.78, 5) is 21.9. The van der Waals surface area contributed by atoms with Gasteiger partial charge in [0.15, 0.2) is 17.1 Å². The van der Waals surface area contributed by atoms with Gasteiger partial charge in [-0.3, -0.25) is 10.00 Å². The van der Waals surface area contributed by atoms with Crippen molar-refractivity contribution in [3.8, 4) is 11.6 Å². The molecule has 2 N–H and O–H groups in total. The summed E-state index contributed by atoms with van der Waals surface area (Å²) in [6.45, 7) is 6.34. The van der Waals surface area contributed by atoms with E-state index in [4.69, 9.17) is 16.0 Å². The van der Waals surface area contributed by atoms with Gasteiger partial charge in [-0.1, -0.05) is 31.5 Å². The first-order valence-corrected chi connectivity index (χ1v) is 10.8. The molecule has 0 aliphatic heterocycles. The van der Waals surface area contributed by atoms with Crippen LogP contribution in [0.2, 0.25) is 5.02 Å². The first-order chi connectivity index (χ1) is 15.9. The first kappa shape index (κ1) is 21.0. The number of rotatable bonds is 5. The fraction of sp³-hybridized carbons (Fsp3) is 0.227. The molecular weight excluding hydrogens is 444 g/mol. The minimum Gasteiger partial charge on any atom is -0.461 e. The molecule has 0 bridgehead atoms. The Kier molecular flexibility index (Phi) is 5.21. The van der Waals surface area contributed by atoms with Crippen molar-refractivity contribution in [1.29, 1.82) is 0 Å². The van der Waals surface area contributed by atoms with Crippen molar-refractivity contribution in [2.75, 3.05) is 10.6 Å². The first-order valence-electron chi connectivity index (χ1n) is 10.4. The lowest BCUT2D eigenvalue weighted by Crippen LogP contribution is -2.22.